The first kappa shape index (κ1) is 19.3. The molecule has 2 rings (SSSR count). The molecule has 0 aliphatic rings. The van der Waals surface area contributed by atoms with Gasteiger partial charge in [0.05, 0.1) is 13.2 Å². The van der Waals surface area contributed by atoms with E-state index in [2.05, 4.69) is 10.2 Å². The van der Waals surface area contributed by atoms with Crippen LogP contribution in [0.4, 0.5) is 0 Å². The average molecular weight is 361 g/mol. The highest BCUT2D eigenvalue weighted by Crippen LogP contribution is 2.20. The van der Waals surface area contributed by atoms with E-state index in [-0.39, 0.29) is 11.9 Å². The van der Waals surface area contributed by atoms with Gasteiger partial charge in [0, 0.05) is 18.0 Å². The first-order chi connectivity index (χ1) is 12.0. The molecule has 0 radical (unpaired) electrons. The fourth-order valence-electron chi connectivity index (χ4n) is 2.67. The van der Waals surface area contributed by atoms with Crippen LogP contribution >= 0.6 is 11.6 Å². The smallest absolute Gasteiger partial charge is 0.220 e. The molecule has 5 heteroatoms. The number of methoxy groups -OCH3 is 1. The number of amides is 1. The van der Waals surface area contributed by atoms with Gasteiger partial charge >= 0.3 is 0 Å². The number of aryl methyl sites for hydroxylation is 1. The molecule has 0 bridgehead atoms. The summed E-state index contributed by atoms with van der Waals surface area (Å²) >= 11 is 5.97. The number of likely N-dealkylation sites (N-methyl/N-ethyl adjacent to an activating group) is 1. The summed E-state index contributed by atoms with van der Waals surface area (Å²) in [5.41, 5.74) is 2.21. The van der Waals surface area contributed by atoms with E-state index in [4.69, 9.17) is 16.3 Å². The van der Waals surface area contributed by atoms with Crippen LogP contribution in [0.2, 0.25) is 5.02 Å². The van der Waals surface area contributed by atoms with E-state index in [1.54, 1.807) is 7.11 Å². The molecule has 0 aliphatic heterocycles. The number of rotatable bonds is 8. The number of halogens is 1. The Kier molecular flexibility index (Phi) is 7.29. The van der Waals surface area contributed by atoms with Crippen LogP contribution in [-0.2, 0) is 11.2 Å². The topological polar surface area (TPSA) is 41.6 Å². The summed E-state index contributed by atoms with van der Waals surface area (Å²) in [6.45, 7) is 0.563. The van der Waals surface area contributed by atoms with E-state index in [1.165, 1.54) is 0 Å². The third-order valence-electron chi connectivity index (χ3n) is 4.15. The maximum absolute atomic E-state index is 12.2. The zero-order chi connectivity index (χ0) is 18.2. The number of nitrogens with one attached hydrogen (secondary N) is 1. The van der Waals surface area contributed by atoms with E-state index in [1.807, 2.05) is 62.6 Å². The third kappa shape index (κ3) is 6.07. The second kappa shape index (κ2) is 9.44. The molecular weight excluding hydrogens is 336 g/mol. The minimum absolute atomic E-state index is 0.0420. The first-order valence-electron chi connectivity index (χ1n) is 8.31. The summed E-state index contributed by atoms with van der Waals surface area (Å²) in [6, 6.07) is 15.7. The number of benzene rings is 2. The fourth-order valence-corrected chi connectivity index (χ4v) is 2.89. The van der Waals surface area contributed by atoms with Gasteiger partial charge in [-0.3, -0.25) is 4.79 Å². The van der Waals surface area contributed by atoms with E-state index < -0.39 is 0 Å². The molecule has 0 aliphatic carbocycles. The Labute approximate surface area is 154 Å². The highest BCUT2D eigenvalue weighted by molar-refractivity contribution is 6.30. The van der Waals surface area contributed by atoms with Gasteiger partial charge in [-0.2, -0.15) is 0 Å². The molecule has 0 spiro atoms. The highest BCUT2D eigenvalue weighted by atomic mass is 35.5. The van der Waals surface area contributed by atoms with Gasteiger partial charge in [0.15, 0.2) is 0 Å². The molecule has 25 heavy (non-hydrogen) atoms. The predicted octanol–water partition coefficient (Wildman–Crippen LogP) is 3.70. The van der Waals surface area contributed by atoms with Crippen LogP contribution in [0.1, 0.15) is 23.6 Å². The number of nitrogens with zero attached hydrogens (tertiary/aromatic N) is 1. The van der Waals surface area contributed by atoms with E-state index in [0.717, 1.165) is 16.9 Å². The molecule has 0 saturated carbocycles. The SMILES string of the molecule is COc1ccc(C(CNC(=O)CCc2cccc(Cl)c2)N(C)C)cc1. The molecular formula is C20H25ClN2O2. The molecule has 134 valence electrons. The lowest BCUT2D eigenvalue weighted by molar-refractivity contribution is -0.121. The Bertz CT molecular complexity index is 686. The van der Waals surface area contributed by atoms with Gasteiger partial charge in [0.2, 0.25) is 5.91 Å². The van der Waals surface area contributed by atoms with Crippen LogP contribution in [0.3, 0.4) is 0 Å². The van der Waals surface area contributed by atoms with Gasteiger partial charge in [0.1, 0.15) is 5.75 Å². The lowest BCUT2D eigenvalue weighted by Gasteiger charge is -2.25. The summed E-state index contributed by atoms with van der Waals surface area (Å²) in [6.07, 6.45) is 1.13. The molecule has 4 nitrogen and oxygen atoms in total. The molecule has 0 fully saturated rings. The number of carbonyl (C=O) groups excluding carboxylic acids is 1. The number of ether oxygens (including phenoxy) is 1. The van der Waals surface area contributed by atoms with Crippen molar-refractivity contribution in [3.63, 3.8) is 0 Å². The Balaban J connectivity index is 1.88. The van der Waals surface area contributed by atoms with Gasteiger partial charge in [-0.25, -0.2) is 0 Å². The van der Waals surface area contributed by atoms with Crippen LogP contribution in [0.15, 0.2) is 48.5 Å². The monoisotopic (exact) mass is 360 g/mol. The fraction of sp³-hybridized carbons (Fsp3) is 0.350. The summed E-state index contributed by atoms with van der Waals surface area (Å²) in [4.78, 5) is 14.3. The minimum Gasteiger partial charge on any atom is -0.497 e. The summed E-state index contributed by atoms with van der Waals surface area (Å²) in [5, 5.41) is 3.73. The molecule has 2 aromatic carbocycles. The highest BCUT2D eigenvalue weighted by Gasteiger charge is 2.15. The van der Waals surface area contributed by atoms with Crippen molar-refractivity contribution in [3.8, 4) is 5.75 Å². The van der Waals surface area contributed by atoms with E-state index in [9.17, 15) is 4.79 Å². The molecule has 1 amide bonds. The first-order valence-corrected chi connectivity index (χ1v) is 8.69. The van der Waals surface area contributed by atoms with Crippen molar-refractivity contribution in [3.05, 3.63) is 64.7 Å². The Morgan fingerprint density at radius 2 is 1.92 bits per heavy atom. The summed E-state index contributed by atoms with van der Waals surface area (Å²) in [7, 11) is 5.67. The van der Waals surface area contributed by atoms with Gasteiger partial charge in [-0.05, 0) is 55.9 Å². The third-order valence-corrected chi connectivity index (χ3v) is 4.38. The maximum atomic E-state index is 12.2. The molecule has 0 aromatic heterocycles. The van der Waals surface area contributed by atoms with Crippen molar-refractivity contribution in [2.45, 2.75) is 18.9 Å². The van der Waals surface area contributed by atoms with Crippen molar-refractivity contribution in [2.24, 2.45) is 0 Å². The van der Waals surface area contributed by atoms with Gasteiger partial charge in [0.25, 0.3) is 0 Å². The normalized spacial score (nSPS) is 12.0. The van der Waals surface area contributed by atoms with Crippen LogP contribution in [-0.4, -0.2) is 38.6 Å². The van der Waals surface area contributed by atoms with Crippen LogP contribution in [0.25, 0.3) is 0 Å². The lowest BCUT2D eigenvalue weighted by Crippen LogP contribution is -2.34. The number of hydrogen-bond donors (Lipinski definition) is 1. The Morgan fingerprint density at radius 3 is 2.52 bits per heavy atom. The lowest BCUT2D eigenvalue weighted by atomic mass is 10.1. The van der Waals surface area contributed by atoms with Crippen molar-refractivity contribution >= 4 is 17.5 Å². The van der Waals surface area contributed by atoms with Crippen LogP contribution in [0, 0.1) is 0 Å². The number of hydrogen-bond acceptors (Lipinski definition) is 3. The molecule has 0 saturated heterocycles. The van der Waals surface area contributed by atoms with Crippen molar-refractivity contribution in [2.75, 3.05) is 27.7 Å². The second-order valence-electron chi connectivity index (χ2n) is 6.19. The molecule has 0 heterocycles. The zero-order valence-corrected chi connectivity index (χ0v) is 15.7. The van der Waals surface area contributed by atoms with Gasteiger partial charge in [-0.1, -0.05) is 35.9 Å². The Hall–Kier alpha value is -2.04. The molecule has 1 unspecified atom stereocenters. The van der Waals surface area contributed by atoms with Crippen molar-refractivity contribution < 1.29 is 9.53 Å². The summed E-state index contributed by atoms with van der Waals surface area (Å²) < 4.78 is 5.20. The number of carbonyl (C=O) groups is 1. The van der Waals surface area contributed by atoms with Crippen LogP contribution < -0.4 is 10.1 Å². The Morgan fingerprint density at radius 1 is 1.20 bits per heavy atom. The quantitative estimate of drug-likeness (QED) is 0.780. The second-order valence-corrected chi connectivity index (χ2v) is 6.62. The molecule has 1 atom stereocenters. The van der Waals surface area contributed by atoms with E-state index >= 15 is 0 Å². The average Bonchev–Trinajstić information content (AvgIpc) is 2.60. The van der Waals surface area contributed by atoms with Gasteiger partial charge in [-0.15, -0.1) is 0 Å². The standard InChI is InChI=1S/C20H25ClN2O2/c1-23(2)19(16-8-10-18(25-3)11-9-16)14-22-20(24)12-7-15-5-4-6-17(21)13-15/h4-6,8-11,13,19H,7,12,14H2,1-3H3,(H,22,24). The molecule has 2 aromatic rings. The predicted molar refractivity (Wildman–Crippen MR) is 102 cm³/mol. The van der Waals surface area contributed by atoms with Gasteiger partial charge < -0.3 is 15.0 Å². The maximum Gasteiger partial charge on any atom is 0.220 e. The van der Waals surface area contributed by atoms with E-state index in [0.29, 0.717) is 24.4 Å². The summed E-state index contributed by atoms with van der Waals surface area (Å²) in [5.74, 6) is 0.868. The van der Waals surface area contributed by atoms with Crippen molar-refractivity contribution in [1.82, 2.24) is 10.2 Å². The zero-order valence-electron chi connectivity index (χ0n) is 15.0. The largest absolute Gasteiger partial charge is 0.497 e. The minimum atomic E-state index is 0.0420. The molecule has 1 N–H and O–H groups in total. The van der Waals surface area contributed by atoms with Crippen molar-refractivity contribution in [1.29, 1.82) is 0 Å². The van der Waals surface area contributed by atoms with Crippen LogP contribution in [0.5, 0.6) is 5.75 Å².